The molecule has 2 aliphatic rings. The molecule has 5 rings (SSSR count). The lowest BCUT2D eigenvalue weighted by Gasteiger charge is -2.40. The minimum Gasteiger partial charge on any atom is -0.368 e. The third-order valence-electron chi connectivity index (χ3n) is 6.91. The molecule has 32 heavy (non-hydrogen) atoms. The van der Waals surface area contributed by atoms with Gasteiger partial charge in [-0.25, -0.2) is 4.98 Å². The van der Waals surface area contributed by atoms with Crippen molar-refractivity contribution in [1.29, 1.82) is 0 Å². The highest BCUT2D eigenvalue weighted by atomic mass is 32.1. The number of anilines is 2. The minimum absolute atomic E-state index is 0.0628. The van der Waals surface area contributed by atoms with Gasteiger partial charge in [0.1, 0.15) is 5.82 Å². The number of amides is 1. The number of nitrogens with zero attached hydrogens (tertiary/aromatic N) is 4. The molecular weight excluding hydrogens is 416 g/mol. The Morgan fingerprint density at radius 2 is 1.81 bits per heavy atom. The van der Waals surface area contributed by atoms with Crippen molar-refractivity contribution in [3.63, 3.8) is 0 Å². The lowest BCUT2D eigenvalue weighted by molar-refractivity contribution is -0.136. The van der Waals surface area contributed by atoms with Gasteiger partial charge in [0.15, 0.2) is 0 Å². The quantitative estimate of drug-likeness (QED) is 0.578. The summed E-state index contributed by atoms with van der Waals surface area (Å²) in [5.74, 6) is 1.43. The predicted molar refractivity (Wildman–Crippen MR) is 134 cm³/mol. The highest BCUT2D eigenvalue weighted by Crippen LogP contribution is 2.33. The van der Waals surface area contributed by atoms with E-state index >= 15 is 0 Å². The van der Waals surface area contributed by atoms with E-state index < -0.39 is 0 Å². The Morgan fingerprint density at radius 3 is 2.62 bits per heavy atom. The van der Waals surface area contributed by atoms with E-state index in [2.05, 4.69) is 65.8 Å². The summed E-state index contributed by atoms with van der Waals surface area (Å²) in [5, 5.41) is 1.23. The molecule has 168 valence electrons. The molecule has 0 N–H and O–H groups in total. The fourth-order valence-electron chi connectivity index (χ4n) is 5.19. The second-order valence-electron chi connectivity index (χ2n) is 9.29. The standard InChI is InChI=1S/C26H32N4OS/c1-18-6-7-19(2)23(15-18)28-11-13-29(14-12-28)26(31)21-5-4-10-30(17-21)25-22-16-20(3)32-24(22)8-9-27-25/h6-9,15-16,21H,4-5,10-14,17H2,1-3H3. The SMILES string of the molecule is Cc1ccc(C)c(N2CCN(C(=O)C3CCCN(c4nccc5sc(C)cc45)C3)CC2)c1. The van der Waals surface area contributed by atoms with E-state index in [0.29, 0.717) is 5.91 Å². The van der Waals surface area contributed by atoms with Crippen LogP contribution in [-0.2, 0) is 4.79 Å². The van der Waals surface area contributed by atoms with Crippen molar-refractivity contribution in [3.8, 4) is 0 Å². The summed E-state index contributed by atoms with van der Waals surface area (Å²) in [6.07, 6.45) is 3.93. The molecule has 0 spiro atoms. The summed E-state index contributed by atoms with van der Waals surface area (Å²) in [5.41, 5.74) is 3.91. The maximum atomic E-state index is 13.4. The van der Waals surface area contributed by atoms with Gasteiger partial charge in [0.05, 0.1) is 5.92 Å². The molecule has 0 aliphatic carbocycles. The predicted octanol–water partition coefficient (Wildman–Crippen LogP) is 4.79. The third kappa shape index (κ3) is 4.08. The zero-order valence-corrected chi connectivity index (χ0v) is 20.1. The molecule has 1 amide bonds. The fraction of sp³-hybridized carbons (Fsp3) is 0.462. The molecule has 1 unspecified atom stereocenters. The maximum absolute atomic E-state index is 13.4. The maximum Gasteiger partial charge on any atom is 0.227 e. The van der Waals surface area contributed by atoms with Crippen LogP contribution in [0, 0.1) is 26.7 Å². The van der Waals surface area contributed by atoms with Crippen molar-refractivity contribution < 1.29 is 4.79 Å². The first-order chi connectivity index (χ1) is 15.5. The van der Waals surface area contributed by atoms with E-state index in [1.54, 1.807) is 0 Å². The van der Waals surface area contributed by atoms with Gasteiger partial charge >= 0.3 is 0 Å². The second-order valence-corrected chi connectivity index (χ2v) is 10.6. The monoisotopic (exact) mass is 448 g/mol. The van der Waals surface area contributed by atoms with Crippen LogP contribution in [0.5, 0.6) is 0 Å². The number of aryl methyl sites for hydroxylation is 3. The summed E-state index contributed by atoms with van der Waals surface area (Å²) in [6.45, 7) is 11.6. The van der Waals surface area contributed by atoms with Crippen molar-refractivity contribution in [2.75, 3.05) is 49.1 Å². The number of pyridine rings is 1. The average Bonchev–Trinajstić information content (AvgIpc) is 3.20. The first-order valence-electron chi connectivity index (χ1n) is 11.7. The number of benzene rings is 1. The number of carbonyl (C=O) groups excluding carboxylic acids is 1. The van der Waals surface area contributed by atoms with Gasteiger partial charge in [-0.15, -0.1) is 11.3 Å². The molecule has 1 atom stereocenters. The first-order valence-corrected chi connectivity index (χ1v) is 12.5. The van der Waals surface area contributed by atoms with Crippen LogP contribution in [-0.4, -0.2) is 55.1 Å². The van der Waals surface area contributed by atoms with E-state index in [1.807, 2.05) is 17.5 Å². The van der Waals surface area contributed by atoms with Crippen molar-refractivity contribution in [2.45, 2.75) is 33.6 Å². The van der Waals surface area contributed by atoms with Crippen LogP contribution in [0.15, 0.2) is 36.5 Å². The Hall–Kier alpha value is -2.60. The van der Waals surface area contributed by atoms with Crippen LogP contribution in [0.3, 0.4) is 0 Å². The molecule has 2 aliphatic heterocycles. The summed E-state index contributed by atoms with van der Waals surface area (Å²) in [6, 6.07) is 11.0. The third-order valence-corrected chi connectivity index (χ3v) is 7.93. The van der Waals surface area contributed by atoms with E-state index in [-0.39, 0.29) is 5.92 Å². The van der Waals surface area contributed by atoms with Gasteiger partial charge in [0, 0.05) is 66.1 Å². The minimum atomic E-state index is 0.0628. The Kier molecular flexibility index (Phi) is 5.80. The largest absolute Gasteiger partial charge is 0.368 e. The fourth-order valence-corrected chi connectivity index (χ4v) is 6.10. The van der Waals surface area contributed by atoms with Gasteiger partial charge in [-0.3, -0.25) is 4.79 Å². The van der Waals surface area contributed by atoms with Gasteiger partial charge in [-0.1, -0.05) is 12.1 Å². The number of hydrogen-bond donors (Lipinski definition) is 0. The van der Waals surface area contributed by atoms with Crippen molar-refractivity contribution >= 4 is 38.8 Å². The molecule has 1 aromatic carbocycles. The van der Waals surface area contributed by atoms with E-state index in [9.17, 15) is 4.79 Å². The number of piperidine rings is 1. The Morgan fingerprint density at radius 1 is 1.00 bits per heavy atom. The zero-order valence-electron chi connectivity index (χ0n) is 19.3. The average molecular weight is 449 g/mol. The highest BCUT2D eigenvalue weighted by molar-refractivity contribution is 7.19. The van der Waals surface area contributed by atoms with Crippen molar-refractivity contribution in [3.05, 3.63) is 52.5 Å². The summed E-state index contributed by atoms with van der Waals surface area (Å²) in [7, 11) is 0. The van der Waals surface area contributed by atoms with Gasteiger partial charge < -0.3 is 14.7 Å². The topological polar surface area (TPSA) is 39.7 Å². The van der Waals surface area contributed by atoms with Crippen LogP contribution in [0.4, 0.5) is 11.5 Å². The number of aromatic nitrogens is 1. The van der Waals surface area contributed by atoms with Gasteiger partial charge in [0.25, 0.3) is 0 Å². The lowest BCUT2D eigenvalue weighted by atomic mass is 9.96. The Labute approximate surface area is 194 Å². The van der Waals surface area contributed by atoms with Crippen molar-refractivity contribution in [1.82, 2.24) is 9.88 Å². The summed E-state index contributed by atoms with van der Waals surface area (Å²) in [4.78, 5) is 26.3. The Balaban J connectivity index is 1.25. The normalized spacial score (nSPS) is 19.6. The summed E-state index contributed by atoms with van der Waals surface area (Å²) < 4.78 is 1.28. The van der Waals surface area contributed by atoms with E-state index in [1.165, 1.54) is 31.8 Å². The number of piperazine rings is 1. The number of thiophene rings is 1. The molecule has 5 nitrogen and oxygen atoms in total. The number of hydrogen-bond acceptors (Lipinski definition) is 5. The van der Waals surface area contributed by atoms with Crippen molar-refractivity contribution in [2.24, 2.45) is 5.92 Å². The Bertz CT molecular complexity index is 1130. The van der Waals surface area contributed by atoms with E-state index in [4.69, 9.17) is 4.98 Å². The van der Waals surface area contributed by atoms with Crippen LogP contribution in [0.25, 0.3) is 10.1 Å². The first kappa shape index (κ1) is 21.3. The van der Waals surface area contributed by atoms with Crippen LogP contribution in [0.2, 0.25) is 0 Å². The van der Waals surface area contributed by atoms with Gasteiger partial charge in [-0.05, 0) is 62.9 Å². The molecule has 0 saturated carbocycles. The zero-order chi connectivity index (χ0) is 22.2. The molecule has 2 fully saturated rings. The molecule has 0 bridgehead atoms. The molecule has 3 aromatic rings. The molecule has 2 saturated heterocycles. The number of rotatable bonds is 3. The molecule has 2 aromatic heterocycles. The van der Waals surface area contributed by atoms with Gasteiger partial charge in [0.2, 0.25) is 5.91 Å². The molecule has 4 heterocycles. The lowest BCUT2D eigenvalue weighted by Crippen LogP contribution is -2.52. The highest BCUT2D eigenvalue weighted by Gasteiger charge is 2.32. The molecule has 6 heteroatoms. The van der Waals surface area contributed by atoms with Gasteiger partial charge in [-0.2, -0.15) is 0 Å². The van der Waals surface area contributed by atoms with Crippen LogP contribution in [0.1, 0.15) is 28.8 Å². The molecular formula is C26H32N4OS. The number of fused-ring (bicyclic) bond motifs is 1. The smallest absolute Gasteiger partial charge is 0.227 e. The second kappa shape index (κ2) is 8.74. The van der Waals surface area contributed by atoms with Crippen LogP contribution >= 0.6 is 11.3 Å². The number of carbonyl (C=O) groups is 1. The van der Waals surface area contributed by atoms with E-state index in [0.717, 1.165) is 57.9 Å². The molecule has 0 radical (unpaired) electrons. The van der Waals surface area contributed by atoms with Crippen LogP contribution < -0.4 is 9.80 Å². The summed E-state index contributed by atoms with van der Waals surface area (Å²) >= 11 is 1.81.